The summed E-state index contributed by atoms with van der Waals surface area (Å²) < 4.78 is 4.67. The van der Waals surface area contributed by atoms with Gasteiger partial charge in [0, 0.05) is 0 Å². The van der Waals surface area contributed by atoms with Crippen LogP contribution < -0.4 is 0 Å². The van der Waals surface area contributed by atoms with Crippen molar-refractivity contribution in [2.75, 3.05) is 13.2 Å². The molecule has 8 heteroatoms. The predicted molar refractivity (Wildman–Crippen MR) is 51.6 cm³/mol. The third-order valence-corrected chi connectivity index (χ3v) is 2.11. The van der Waals surface area contributed by atoms with Crippen molar-refractivity contribution in [2.24, 2.45) is 0 Å². The van der Waals surface area contributed by atoms with Crippen LogP contribution in [0.2, 0.25) is 0 Å². The highest BCUT2D eigenvalue weighted by molar-refractivity contribution is 5.98. The van der Waals surface area contributed by atoms with Crippen molar-refractivity contribution in [3.63, 3.8) is 0 Å². The Hall–Kier alpha value is -0.215. The lowest BCUT2D eigenvalue weighted by molar-refractivity contribution is -0.136. The molecule has 0 radical (unpaired) electrons. The molecule has 0 bridgehead atoms. The van der Waals surface area contributed by atoms with Gasteiger partial charge in [-0.15, -0.1) is 0 Å². The highest BCUT2D eigenvalue weighted by Crippen LogP contribution is 2.10. The van der Waals surface area contributed by atoms with Crippen molar-refractivity contribution in [1.29, 1.82) is 0 Å². The van der Waals surface area contributed by atoms with Crippen LogP contribution in [0.4, 0.5) is 0 Å². The number of hydrogen-bond donors (Lipinski definition) is 6. The molecule has 0 heterocycles. The maximum absolute atomic E-state index is 9.46. The van der Waals surface area contributed by atoms with E-state index in [-0.39, 0.29) is 0 Å². The summed E-state index contributed by atoms with van der Waals surface area (Å²) in [4.78, 5) is 0. The van der Waals surface area contributed by atoms with Crippen LogP contribution in [0.3, 0.4) is 0 Å². The molecule has 0 fully saturated rings. The molecule has 0 rings (SSSR count). The second-order valence-electron chi connectivity index (χ2n) is 3.18. The van der Waals surface area contributed by atoms with Crippen LogP contribution in [0.1, 0.15) is 0 Å². The second kappa shape index (κ2) is 7.12. The Balaban J connectivity index is 4.42. The summed E-state index contributed by atoms with van der Waals surface area (Å²) in [7, 11) is 1.17. The van der Waals surface area contributed by atoms with Crippen molar-refractivity contribution in [1.82, 2.24) is 0 Å². The molecule has 0 aliphatic carbocycles. The lowest BCUT2D eigenvalue weighted by Crippen LogP contribution is -2.51. The molecule has 0 aromatic rings. The van der Waals surface area contributed by atoms with Gasteiger partial charge in [-0.05, 0) is 0 Å². The van der Waals surface area contributed by atoms with Gasteiger partial charge in [0.05, 0.1) is 19.3 Å². The van der Waals surface area contributed by atoms with Crippen molar-refractivity contribution in [2.45, 2.75) is 30.5 Å². The first-order valence-corrected chi connectivity index (χ1v) is 4.46. The highest BCUT2D eigenvalue weighted by atomic mass is 16.5. The fraction of sp³-hybridized carbons (Fsp3) is 1.00. The highest BCUT2D eigenvalue weighted by Gasteiger charge is 2.34. The third kappa shape index (κ3) is 4.03. The zero-order valence-electron chi connectivity index (χ0n) is 8.39. The number of rotatable bonds is 7. The van der Waals surface area contributed by atoms with Crippen LogP contribution in [0.5, 0.6) is 0 Å². The molecule has 0 aliphatic rings. The van der Waals surface area contributed by atoms with Crippen molar-refractivity contribution in [3.05, 3.63) is 0 Å². The van der Waals surface area contributed by atoms with Gasteiger partial charge in [-0.1, -0.05) is 0 Å². The third-order valence-electron chi connectivity index (χ3n) is 2.11. The summed E-state index contributed by atoms with van der Waals surface area (Å²) >= 11 is 0. The number of hydrogen-bond acceptors (Lipinski definition) is 7. The molecule has 0 aromatic carbocycles. The molecular formula is C7H17BO7. The molecule has 0 spiro atoms. The van der Waals surface area contributed by atoms with E-state index in [1.54, 1.807) is 0 Å². The molecule has 0 aromatic heterocycles. The molecule has 5 unspecified atom stereocenters. The lowest BCUT2D eigenvalue weighted by Gasteiger charge is -2.30. The van der Waals surface area contributed by atoms with Gasteiger partial charge in [0.25, 0.3) is 8.05 Å². The predicted octanol–water partition coefficient (Wildman–Crippen LogP) is -4.65. The molecule has 0 saturated carbocycles. The SMILES string of the molecule is BOC(C(O)CO)C(O)C(O)C(O)CO. The Morgan fingerprint density at radius 2 is 1.33 bits per heavy atom. The Kier molecular flexibility index (Phi) is 7.02. The van der Waals surface area contributed by atoms with E-state index in [4.69, 9.17) is 15.3 Å². The van der Waals surface area contributed by atoms with Gasteiger partial charge in [0.1, 0.15) is 24.4 Å². The van der Waals surface area contributed by atoms with Crippen molar-refractivity contribution >= 4 is 8.05 Å². The largest absolute Gasteiger partial charge is 0.436 e. The molecule has 90 valence electrons. The van der Waals surface area contributed by atoms with Gasteiger partial charge in [0.15, 0.2) is 0 Å². The van der Waals surface area contributed by atoms with E-state index in [1.807, 2.05) is 0 Å². The minimum atomic E-state index is -1.67. The van der Waals surface area contributed by atoms with E-state index in [0.717, 1.165) is 0 Å². The first-order valence-electron chi connectivity index (χ1n) is 4.46. The van der Waals surface area contributed by atoms with E-state index in [0.29, 0.717) is 0 Å². The van der Waals surface area contributed by atoms with Crippen LogP contribution in [-0.4, -0.2) is 82.4 Å². The summed E-state index contributed by atoms with van der Waals surface area (Å²) in [6, 6.07) is 0. The Bertz CT molecular complexity index is 169. The minimum absolute atomic E-state index is 0.655. The molecule has 6 N–H and O–H groups in total. The maximum Gasteiger partial charge on any atom is 0.257 e. The fourth-order valence-corrected chi connectivity index (χ4v) is 1.16. The normalized spacial score (nSPS) is 21.7. The zero-order valence-corrected chi connectivity index (χ0v) is 8.39. The maximum atomic E-state index is 9.46. The van der Waals surface area contributed by atoms with Crippen molar-refractivity contribution < 1.29 is 35.3 Å². The summed E-state index contributed by atoms with van der Waals surface area (Å²) in [5.41, 5.74) is 0. The molecule has 15 heavy (non-hydrogen) atoms. The molecule has 0 aliphatic heterocycles. The summed E-state index contributed by atoms with van der Waals surface area (Å²) in [6.07, 6.45) is -7.44. The fourth-order valence-electron chi connectivity index (χ4n) is 1.16. The quantitative estimate of drug-likeness (QED) is 0.240. The van der Waals surface area contributed by atoms with E-state index in [1.165, 1.54) is 8.05 Å². The Morgan fingerprint density at radius 3 is 1.67 bits per heavy atom. The van der Waals surface area contributed by atoms with Gasteiger partial charge in [-0.3, -0.25) is 0 Å². The number of aliphatic hydroxyl groups excluding tert-OH is 6. The first kappa shape index (κ1) is 14.8. The second-order valence-corrected chi connectivity index (χ2v) is 3.18. The smallest absolute Gasteiger partial charge is 0.257 e. The van der Waals surface area contributed by atoms with Crippen LogP contribution in [0.15, 0.2) is 0 Å². The molecule has 0 saturated heterocycles. The number of aliphatic hydroxyl groups is 6. The monoisotopic (exact) mass is 224 g/mol. The summed E-state index contributed by atoms with van der Waals surface area (Å²) in [5, 5.41) is 54.2. The molecule has 0 amide bonds. The van der Waals surface area contributed by atoms with E-state index >= 15 is 0 Å². The van der Waals surface area contributed by atoms with E-state index in [2.05, 4.69) is 4.65 Å². The minimum Gasteiger partial charge on any atom is -0.436 e. The molecule has 7 nitrogen and oxygen atoms in total. The van der Waals surface area contributed by atoms with Gasteiger partial charge in [-0.2, -0.15) is 0 Å². The van der Waals surface area contributed by atoms with Gasteiger partial charge < -0.3 is 35.3 Å². The van der Waals surface area contributed by atoms with Crippen LogP contribution in [-0.2, 0) is 4.65 Å². The Morgan fingerprint density at radius 1 is 0.867 bits per heavy atom. The topological polar surface area (TPSA) is 131 Å². The standard InChI is InChI=1S/C7H17BO7/c8-15-7(4(12)2-10)6(14)5(13)3(11)1-9/h3-7,9-14H,1-2,8H2. The summed E-state index contributed by atoms with van der Waals surface area (Å²) in [5.74, 6) is 0. The summed E-state index contributed by atoms with van der Waals surface area (Å²) in [6.45, 7) is -1.39. The molecule has 5 atom stereocenters. The van der Waals surface area contributed by atoms with E-state index in [9.17, 15) is 15.3 Å². The van der Waals surface area contributed by atoms with Gasteiger partial charge in [0.2, 0.25) is 0 Å². The average Bonchev–Trinajstić information content (AvgIpc) is 2.27. The first-order chi connectivity index (χ1) is 6.99. The van der Waals surface area contributed by atoms with Gasteiger partial charge in [-0.25, -0.2) is 0 Å². The van der Waals surface area contributed by atoms with Crippen LogP contribution in [0.25, 0.3) is 0 Å². The zero-order chi connectivity index (χ0) is 12.0. The van der Waals surface area contributed by atoms with Crippen LogP contribution in [0, 0.1) is 0 Å². The Labute approximate surface area is 88.0 Å². The lowest BCUT2D eigenvalue weighted by atomic mass is 9.99. The van der Waals surface area contributed by atoms with E-state index < -0.39 is 43.7 Å². The van der Waals surface area contributed by atoms with Crippen molar-refractivity contribution in [3.8, 4) is 0 Å². The molecular weight excluding hydrogens is 207 g/mol. The van der Waals surface area contributed by atoms with Crippen LogP contribution >= 0.6 is 0 Å². The average molecular weight is 224 g/mol. The van der Waals surface area contributed by atoms with Gasteiger partial charge >= 0.3 is 0 Å².